The van der Waals surface area contributed by atoms with Gasteiger partial charge in [0.05, 0.1) is 28.9 Å². The maximum atomic E-state index is 12.7. The molecule has 106 valence electrons. The van der Waals surface area contributed by atoms with E-state index >= 15 is 0 Å². The first-order valence-corrected chi connectivity index (χ1v) is 7.32. The number of benzene rings is 1. The van der Waals surface area contributed by atoms with Crippen LogP contribution in [-0.4, -0.2) is 22.3 Å². The lowest BCUT2D eigenvalue weighted by molar-refractivity contribution is -0.0845. The van der Waals surface area contributed by atoms with Crippen LogP contribution in [0.25, 0.3) is 10.9 Å². The summed E-state index contributed by atoms with van der Waals surface area (Å²) in [5, 5.41) is 0.631. The first-order valence-electron chi connectivity index (χ1n) is 6.79. The van der Waals surface area contributed by atoms with Gasteiger partial charge in [-0.25, -0.2) is 4.98 Å². The molecule has 0 saturated heterocycles. The summed E-state index contributed by atoms with van der Waals surface area (Å²) in [5.41, 5.74) is 0.438. The van der Waals surface area contributed by atoms with E-state index < -0.39 is 0 Å². The normalized spacial score (nSPS) is 17.1. The molecule has 1 aromatic heterocycles. The third kappa shape index (κ3) is 2.13. The third-order valence-corrected chi connectivity index (χ3v) is 4.44. The van der Waals surface area contributed by atoms with E-state index in [9.17, 15) is 4.79 Å². The predicted octanol–water partition coefficient (Wildman–Crippen LogP) is 2.70. The predicted molar refractivity (Wildman–Crippen MR) is 79.2 cm³/mol. The maximum Gasteiger partial charge on any atom is 0.261 e. The largest absolute Gasteiger partial charge is 0.376 e. The summed E-state index contributed by atoms with van der Waals surface area (Å²) in [6.45, 7) is 0.530. The molecule has 0 bridgehead atoms. The first-order chi connectivity index (χ1) is 9.69. The van der Waals surface area contributed by atoms with Gasteiger partial charge in [0.25, 0.3) is 5.56 Å². The van der Waals surface area contributed by atoms with E-state index in [1.54, 1.807) is 17.7 Å². The number of ether oxygens (including phenoxy) is 1. The molecular weight excluding hydrogens is 276 g/mol. The van der Waals surface area contributed by atoms with Crippen molar-refractivity contribution in [3.8, 4) is 0 Å². The molecule has 3 rings (SSSR count). The van der Waals surface area contributed by atoms with Crippen molar-refractivity contribution in [3.63, 3.8) is 0 Å². The maximum absolute atomic E-state index is 12.7. The van der Waals surface area contributed by atoms with Crippen LogP contribution in [0.4, 0.5) is 0 Å². The zero-order valence-electron chi connectivity index (χ0n) is 11.4. The molecule has 0 aliphatic heterocycles. The van der Waals surface area contributed by atoms with E-state index in [0.29, 0.717) is 23.3 Å². The Morgan fingerprint density at radius 3 is 2.75 bits per heavy atom. The van der Waals surface area contributed by atoms with Gasteiger partial charge in [0, 0.05) is 7.11 Å². The van der Waals surface area contributed by atoms with Crippen molar-refractivity contribution in [1.82, 2.24) is 9.55 Å². The number of hydrogen-bond donors (Lipinski definition) is 0. The zero-order valence-corrected chi connectivity index (χ0v) is 12.2. The van der Waals surface area contributed by atoms with Gasteiger partial charge in [0.1, 0.15) is 5.82 Å². The quantitative estimate of drug-likeness (QED) is 0.814. The molecule has 1 saturated carbocycles. The van der Waals surface area contributed by atoms with Crippen LogP contribution in [-0.2, 0) is 17.2 Å². The number of para-hydroxylation sites is 1. The van der Waals surface area contributed by atoms with Crippen molar-refractivity contribution < 1.29 is 4.74 Å². The van der Waals surface area contributed by atoms with Gasteiger partial charge in [-0.3, -0.25) is 9.36 Å². The number of fused-ring (bicyclic) bond motifs is 1. The van der Waals surface area contributed by atoms with Gasteiger partial charge in [0.2, 0.25) is 0 Å². The Kier molecular flexibility index (Phi) is 3.52. The first kappa shape index (κ1) is 13.6. The SMILES string of the molecule is COC1(Cn2c(CCl)nc3ccccc3c2=O)CCC1. The number of hydrogen-bond acceptors (Lipinski definition) is 3. The minimum absolute atomic E-state index is 0.0328. The van der Waals surface area contributed by atoms with Gasteiger partial charge in [-0.15, -0.1) is 11.6 Å². The van der Waals surface area contributed by atoms with Crippen molar-refractivity contribution in [2.45, 2.75) is 37.3 Å². The Morgan fingerprint density at radius 1 is 1.40 bits per heavy atom. The second-order valence-electron chi connectivity index (χ2n) is 5.31. The second kappa shape index (κ2) is 5.19. The molecule has 1 aliphatic rings. The highest BCUT2D eigenvalue weighted by Gasteiger charge is 2.38. The van der Waals surface area contributed by atoms with Crippen molar-refractivity contribution in [2.75, 3.05) is 7.11 Å². The minimum Gasteiger partial charge on any atom is -0.376 e. The van der Waals surface area contributed by atoms with Gasteiger partial charge in [-0.1, -0.05) is 12.1 Å². The summed E-state index contributed by atoms with van der Waals surface area (Å²) in [6, 6.07) is 7.37. The molecule has 20 heavy (non-hydrogen) atoms. The molecule has 1 fully saturated rings. The summed E-state index contributed by atoms with van der Waals surface area (Å²) >= 11 is 5.97. The van der Waals surface area contributed by atoms with Crippen LogP contribution in [0.15, 0.2) is 29.1 Å². The van der Waals surface area contributed by atoms with E-state index in [4.69, 9.17) is 16.3 Å². The summed E-state index contributed by atoms with van der Waals surface area (Å²) < 4.78 is 7.29. The van der Waals surface area contributed by atoms with Gasteiger partial charge in [-0.2, -0.15) is 0 Å². The number of aromatic nitrogens is 2. The topological polar surface area (TPSA) is 44.1 Å². The molecule has 0 spiro atoms. The highest BCUT2D eigenvalue weighted by atomic mass is 35.5. The standard InChI is InChI=1S/C15H17ClN2O2/c1-20-15(7-4-8-15)10-18-13(9-16)17-12-6-3-2-5-11(12)14(18)19/h2-3,5-6H,4,7-10H2,1H3. The van der Waals surface area contributed by atoms with Crippen LogP contribution in [0.3, 0.4) is 0 Å². The second-order valence-corrected chi connectivity index (χ2v) is 5.58. The summed E-state index contributed by atoms with van der Waals surface area (Å²) in [7, 11) is 1.71. The fraction of sp³-hybridized carbons (Fsp3) is 0.467. The monoisotopic (exact) mass is 292 g/mol. The van der Waals surface area contributed by atoms with Crippen LogP contribution < -0.4 is 5.56 Å². The average molecular weight is 293 g/mol. The highest BCUT2D eigenvalue weighted by Crippen LogP contribution is 2.36. The molecule has 0 atom stereocenters. The molecule has 1 heterocycles. The van der Waals surface area contributed by atoms with Crippen molar-refractivity contribution in [1.29, 1.82) is 0 Å². The van der Waals surface area contributed by atoms with E-state index in [2.05, 4.69) is 4.98 Å². The van der Waals surface area contributed by atoms with E-state index in [-0.39, 0.29) is 17.0 Å². The van der Waals surface area contributed by atoms with Crippen molar-refractivity contribution >= 4 is 22.5 Å². The molecule has 5 heteroatoms. The Bertz CT molecular complexity index is 686. The third-order valence-electron chi connectivity index (χ3n) is 4.20. The van der Waals surface area contributed by atoms with Gasteiger partial charge >= 0.3 is 0 Å². The lowest BCUT2D eigenvalue weighted by Gasteiger charge is -2.41. The Hall–Kier alpha value is -1.39. The molecule has 0 N–H and O–H groups in total. The Balaban J connectivity index is 2.13. The summed E-state index contributed by atoms with van der Waals surface area (Å²) in [4.78, 5) is 17.2. The molecule has 1 aromatic carbocycles. The van der Waals surface area contributed by atoms with Crippen LogP contribution in [0.1, 0.15) is 25.1 Å². The van der Waals surface area contributed by atoms with Crippen LogP contribution in [0.2, 0.25) is 0 Å². The molecule has 0 radical (unpaired) electrons. The Labute approximate surface area is 122 Å². The molecule has 2 aromatic rings. The smallest absolute Gasteiger partial charge is 0.261 e. The molecule has 1 aliphatic carbocycles. The van der Waals surface area contributed by atoms with E-state index in [1.165, 1.54) is 0 Å². The lowest BCUT2D eigenvalue weighted by Crippen LogP contribution is -2.46. The zero-order chi connectivity index (χ0) is 14.2. The number of rotatable bonds is 4. The summed E-state index contributed by atoms with van der Waals surface area (Å²) in [6.07, 6.45) is 3.09. The van der Waals surface area contributed by atoms with Gasteiger partial charge in [-0.05, 0) is 31.4 Å². The number of nitrogens with zero attached hydrogens (tertiary/aromatic N) is 2. The highest BCUT2D eigenvalue weighted by molar-refractivity contribution is 6.16. The number of methoxy groups -OCH3 is 1. The fourth-order valence-corrected chi connectivity index (χ4v) is 2.97. The number of alkyl halides is 1. The average Bonchev–Trinajstić information content (AvgIpc) is 2.44. The molecular formula is C15H17ClN2O2. The van der Waals surface area contributed by atoms with Gasteiger partial charge in [0.15, 0.2) is 0 Å². The minimum atomic E-state index is -0.227. The summed E-state index contributed by atoms with van der Waals surface area (Å²) in [5.74, 6) is 0.832. The molecule has 0 amide bonds. The van der Waals surface area contributed by atoms with Crippen molar-refractivity contribution in [2.24, 2.45) is 0 Å². The van der Waals surface area contributed by atoms with Crippen LogP contribution in [0.5, 0.6) is 0 Å². The molecule has 4 nitrogen and oxygen atoms in total. The fourth-order valence-electron chi connectivity index (χ4n) is 2.77. The van der Waals surface area contributed by atoms with Crippen molar-refractivity contribution in [3.05, 3.63) is 40.4 Å². The van der Waals surface area contributed by atoms with Gasteiger partial charge < -0.3 is 4.74 Å². The van der Waals surface area contributed by atoms with E-state index in [1.807, 2.05) is 18.2 Å². The Morgan fingerprint density at radius 2 is 2.15 bits per heavy atom. The van der Waals surface area contributed by atoms with Crippen LogP contribution in [0, 0.1) is 0 Å². The lowest BCUT2D eigenvalue weighted by atomic mass is 9.80. The van der Waals surface area contributed by atoms with Crippen LogP contribution >= 0.6 is 11.6 Å². The molecule has 0 unspecified atom stereocenters. The van der Waals surface area contributed by atoms with E-state index in [0.717, 1.165) is 19.3 Å². The number of halogens is 1.